The van der Waals surface area contributed by atoms with Crippen LogP contribution in [0.15, 0.2) is 89.3 Å². The molecule has 164 valence electrons. The molecule has 0 aliphatic rings. The zero-order valence-corrected chi connectivity index (χ0v) is 18.5. The molecule has 1 nitrogen and oxygen atoms in total. The molecule has 4 aromatic rings. The van der Waals surface area contributed by atoms with Gasteiger partial charge in [-0.25, -0.2) is 4.42 Å². The molecule has 3 aromatic carbocycles. The van der Waals surface area contributed by atoms with Gasteiger partial charge in [-0.05, 0) is 66.2 Å². The summed E-state index contributed by atoms with van der Waals surface area (Å²) in [6.07, 6.45) is 0. The van der Waals surface area contributed by atoms with Crippen molar-refractivity contribution >= 4 is 42.1 Å². The number of benzene rings is 3. The van der Waals surface area contributed by atoms with Gasteiger partial charge in [0.2, 0.25) is 0 Å². The highest BCUT2D eigenvalue weighted by Crippen LogP contribution is 2.34. The topological polar surface area (TPSA) is 11.3 Å². The van der Waals surface area contributed by atoms with E-state index in [0.717, 1.165) is 33.8 Å². The summed E-state index contributed by atoms with van der Waals surface area (Å²) in [5.41, 5.74) is 3.99. The third-order valence-electron chi connectivity index (χ3n) is 4.23. The second-order valence-electron chi connectivity index (χ2n) is 6.59. The fraction of sp³-hybridized carbons (Fsp3) is 0. The summed E-state index contributed by atoms with van der Waals surface area (Å²) < 4.78 is 45.2. The Hall–Kier alpha value is -2.54. The van der Waals surface area contributed by atoms with E-state index in [1.54, 1.807) is 0 Å². The Morgan fingerprint density at radius 2 is 0.750 bits per heavy atom. The van der Waals surface area contributed by atoms with E-state index in [2.05, 4.69) is 0 Å². The molecular formula is C23H14BCl3F4O. The van der Waals surface area contributed by atoms with Crippen molar-refractivity contribution in [2.45, 2.75) is 0 Å². The number of hydrogen-bond donors (Lipinski definition) is 0. The molecule has 0 N–H and O–H groups in total. The van der Waals surface area contributed by atoms with E-state index < -0.39 is 7.25 Å². The van der Waals surface area contributed by atoms with Crippen molar-refractivity contribution in [3.05, 3.63) is 100.0 Å². The Bertz CT molecular complexity index is 1020. The molecule has 0 aliphatic heterocycles. The van der Waals surface area contributed by atoms with Gasteiger partial charge in [-0.3, -0.25) is 0 Å². The molecule has 1 heterocycles. The van der Waals surface area contributed by atoms with E-state index in [1.165, 1.54) is 0 Å². The lowest BCUT2D eigenvalue weighted by Crippen LogP contribution is -2.02. The summed E-state index contributed by atoms with van der Waals surface area (Å²) in [7, 11) is -6.00. The molecule has 0 radical (unpaired) electrons. The number of hydrogen-bond acceptors (Lipinski definition) is 0. The molecule has 0 unspecified atom stereocenters. The van der Waals surface area contributed by atoms with Gasteiger partial charge in [-0.15, -0.1) is 0 Å². The van der Waals surface area contributed by atoms with Crippen LogP contribution in [0.2, 0.25) is 15.1 Å². The molecular weight excluding hydrogens is 485 g/mol. The molecule has 0 saturated carbocycles. The van der Waals surface area contributed by atoms with E-state index in [-0.39, 0.29) is 0 Å². The highest BCUT2D eigenvalue weighted by Gasteiger charge is 2.21. The highest BCUT2D eigenvalue weighted by atomic mass is 35.5. The van der Waals surface area contributed by atoms with Crippen molar-refractivity contribution in [2.24, 2.45) is 0 Å². The first kappa shape index (κ1) is 24.1. The van der Waals surface area contributed by atoms with Crippen molar-refractivity contribution in [2.75, 3.05) is 0 Å². The zero-order chi connectivity index (χ0) is 23.3. The van der Waals surface area contributed by atoms with Crippen LogP contribution >= 0.6 is 34.8 Å². The summed E-state index contributed by atoms with van der Waals surface area (Å²) in [5, 5.41) is 2.08. The van der Waals surface area contributed by atoms with Crippen molar-refractivity contribution in [1.82, 2.24) is 0 Å². The van der Waals surface area contributed by atoms with E-state index in [4.69, 9.17) is 39.2 Å². The minimum absolute atomic E-state index is 0.686. The van der Waals surface area contributed by atoms with E-state index in [9.17, 15) is 17.3 Å². The minimum atomic E-state index is -6.00. The van der Waals surface area contributed by atoms with Crippen LogP contribution in [0, 0.1) is 0 Å². The molecule has 0 saturated heterocycles. The lowest BCUT2D eigenvalue weighted by Gasteiger charge is -2.03. The van der Waals surface area contributed by atoms with Crippen LogP contribution in [0.1, 0.15) is 0 Å². The second-order valence-corrected chi connectivity index (χ2v) is 7.90. The molecule has 0 atom stereocenters. The maximum Gasteiger partial charge on any atom is 0.673 e. The Morgan fingerprint density at radius 3 is 1.06 bits per heavy atom. The van der Waals surface area contributed by atoms with Crippen molar-refractivity contribution in [1.29, 1.82) is 0 Å². The smallest absolute Gasteiger partial charge is 0.418 e. The van der Waals surface area contributed by atoms with Gasteiger partial charge in [0.05, 0.1) is 23.3 Å². The zero-order valence-electron chi connectivity index (χ0n) is 16.2. The maximum absolute atomic E-state index is 9.75. The summed E-state index contributed by atoms with van der Waals surface area (Å²) in [6, 6.07) is 27.0. The van der Waals surface area contributed by atoms with Crippen molar-refractivity contribution in [3.63, 3.8) is 0 Å². The summed E-state index contributed by atoms with van der Waals surface area (Å²) >= 11 is 18.1. The van der Waals surface area contributed by atoms with Crippen molar-refractivity contribution in [3.8, 4) is 33.8 Å². The number of halogens is 7. The lowest BCUT2D eigenvalue weighted by atomic mass is 10.0. The van der Waals surface area contributed by atoms with E-state index in [1.807, 2.05) is 84.9 Å². The molecule has 0 fully saturated rings. The van der Waals surface area contributed by atoms with Crippen LogP contribution in [0.4, 0.5) is 17.3 Å². The summed E-state index contributed by atoms with van der Waals surface area (Å²) in [6.45, 7) is 0. The van der Waals surface area contributed by atoms with E-state index in [0.29, 0.717) is 15.1 Å². The maximum atomic E-state index is 9.75. The molecule has 1 aromatic heterocycles. The summed E-state index contributed by atoms with van der Waals surface area (Å²) in [4.78, 5) is 0. The second kappa shape index (κ2) is 10.4. The van der Waals surface area contributed by atoms with Gasteiger partial charge in [0, 0.05) is 20.6 Å². The molecule has 0 spiro atoms. The average molecular weight is 500 g/mol. The average Bonchev–Trinajstić information content (AvgIpc) is 2.74. The fourth-order valence-corrected chi connectivity index (χ4v) is 3.20. The van der Waals surface area contributed by atoms with Crippen molar-refractivity contribution < 1.29 is 21.7 Å². The molecule has 0 amide bonds. The Kier molecular flexibility index (Phi) is 7.83. The predicted molar refractivity (Wildman–Crippen MR) is 125 cm³/mol. The van der Waals surface area contributed by atoms with Gasteiger partial charge in [0.25, 0.3) is 0 Å². The van der Waals surface area contributed by atoms with Crippen LogP contribution in [-0.2, 0) is 0 Å². The van der Waals surface area contributed by atoms with Gasteiger partial charge in [-0.2, -0.15) is 0 Å². The highest BCUT2D eigenvalue weighted by molar-refractivity contribution is 6.50. The Morgan fingerprint density at radius 1 is 0.469 bits per heavy atom. The van der Waals surface area contributed by atoms with Crippen LogP contribution in [0.3, 0.4) is 0 Å². The van der Waals surface area contributed by atoms with Gasteiger partial charge in [0.15, 0.2) is 0 Å². The fourth-order valence-electron chi connectivity index (χ4n) is 2.82. The number of rotatable bonds is 3. The van der Waals surface area contributed by atoms with Gasteiger partial charge >= 0.3 is 18.8 Å². The SMILES string of the molecule is Clc1ccc(-c2cc(-c3ccc(Cl)cc3)[o+]c(-c3ccc(Cl)cc3)c2)cc1.F[B-](F)(F)F. The van der Waals surface area contributed by atoms with Gasteiger partial charge in [-0.1, -0.05) is 46.9 Å². The normalized spacial score (nSPS) is 11.0. The third-order valence-corrected chi connectivity index (χ3v) is 4.98. The van der Waals surface area contributed by atoms with E-state index >= 15 is 0 Å². The minimum Gasteiger partial charge on any atom is -0.418 e. The monoisotopic (exact) mass is 498 g/mol. The molecule has 4 rings (SSSR count). The van der Waals surface area contributed by atoms with Crippen LogP contribution in [-0.4, -0.2) is 7.25 Å². The van der Waals surface area contributed by atoms with Crippen LogP contribution in [0.25, 0.3) is 33.8 Å². The first-order valence-corrected chi connectivity index (χ1v) is 10.4. The summed E-state index contributed by atoms with van der Waals surface area (Å²) in [5.74, 6) is 1.51. The standard InChI is InChI=1S/C23H14Cl3O.BF4/c24-19-7-1-15(2-8-19)18-13-22(16-3-9-20(25)10-4-16)27-23(14-18)17-5-11-21(26)12-6-17;2-1(3,4)5/h1-14H;/q+1;-1. The lowest BCUT2D eigenvalue weighted by molar-refractivity contribution is 0.368. The van der Waals surface area contributed by atoms with Crippen LogP contribution < -0.4 is 0 Å². The largest absolute Gasteiger partial charge is 0.673 e. The molecule has 32 heavy (non-hydrogen) atoms. The Labute approximate surface area is 197 Å². The molecule has 0 aliphatic carbocycles. The van der Waals surface area contributed by atoms with Gasteiger partial charge in [0.1, 0.15) is 0 Å². The molecule has 0 bridgehead atoms. The molecule has 9 heteroatoms. The first-order chi connectivity index (χ1) is 15.1. The van der Waals surface area contributed by atoms with Crippen LogP contribution in [0.5, 0.6) is 0 Å². The predicted octanol–water partition coefficient (Wildman–Crippen LogP) is 9.82. The Balaban J connectivity index is 0.000000523. The third kappa shape index (κ3) is 7.26. The quantitative estimate of drug-likeness (QED) is 0.155. The van der Waals surface area contributed by atoms with Gasteiger partial charge < -0.3 is 17.3 Å². The first-order valence-electron chi connectivity index (χ1n) is 9.22.